The highest BCUT2D eigenvalue weighted by molar-refractivity contribution is 8.18. The van der Waals surface area contributed by atoms with Crippen molar-refractivity contribution in [2.45, 2.75) is 56.7 Å². The summed E-state index contributed by atoms with van der Waals surface area (Å²) in [6.07, 6.45) is 2.81. The van der Waals surface area contributed by atoms with E-state index in [0.717, 1.165) is 12.0 Å². The van der Waals surface area contributed by atoms with Crippen LogP contribution >= 0.6 is 23.5 Å². The molecule has 1 spiro atoms. The van der Waals surface area contributed by atoms with Crippen molar-refractivity contribution in [2.24, 2.45) is 5.92 Å². The monoisotopic (exact) mass is 259 g/mol. The molecule has 0 aromatic rings. The van der Waals surface area contributed by atoms with E-state index in [4.69, 9.17) is 0 Å². The topological polar surface area (TPSA) is 3.24 Å². The van der Waals surface area contributed by atoms with Gasteiger partial charge in [-0.05, 0) is 44.1 Å². The molecule has 0 aromatic heterocycles. The first kappa shape index (κ1) is 13.1. The van der Waals surface area contributed by atoms with Gasteiger partial charge in [0.15, 0.2) is 0 Å². The predicted molar refractivity (Wildman–Crippen MR) is 77.3 cm³/mol. The van der Waals surface area contributed by atoms with Crippen LogP contribution < -0.4 is 0 Å². The van der Waals surface area contributed by atoms with Crippen LogP contribution in [0.4, 0.5) is 0 Å². The molecular weight excluding hydrogens is 234 g/mol. The van der Waals surface area contributed by atoms with Gasteiger partial charge in [-0.2, -0.15) is 0 Å². The van der Waals surface area contributed by atoms with Gasteiger partial charge in [0.25, 0.3) is 0 Å². The fourth-order valence-electron chi connectivity index (χ4n) is 2.91. The molecule has 0 N–H and O–H groups in total. The van der Waals surface area contributed by atoms with Crippen molar-refractivity contribution in [1.29, 1.82) is 0 Å². The number of hydrogen-bond donors (Lipinski definition) is 0. The van der Waals surface area contributed by atoms with Gasteiger partial charge in [-0.1, -0.05) is 13.8 Å². The molecule has 2 aliphatic rings. The van der Waals surface area contributed by atoms with Gasteiger partial charge in [0, 0.05) is 18.6 Å². The Hall–Kier alpha value is 0.660. The number of rotatable bonds is 2. The molecule has 16 heavy (non-hydrogen) atoms. The van der Waals surface area contributed by atoms with Crippen molar-refractivity contribution < 1.29 is 0 Å². The summed E-state index contributed by atoms with van der Waals surface area (Å²) in [5.41, 5.74) is 0. The Kier molecular flexibility index (Phi) is 4.19. The molecule has 94 valence electrons. The first-order valence-electron chi connectivity index (χ1n) is 6.58. The third-order valence-corrected chi connectivity index (χ3v) is 7.16. The third-order valence-electron chi connectivity index (χ3n) is 3.82. The summed E-state index contributed by atoms with van der Waals surface area (Å²) in [5, 5.41) is 0. The Bertz CT molecular complexity index is 216. The second kappa shape index (κ2) is 5.11. The maximum absolute atomic E-state index is 2.75. The molecule has 0 bridgehead atoms. The normalized spacial score (nSPS) is 30.8. The van der Waals surface area contributed by atoms with Crippen LogP contribution in [0.15, 0.2) is 0 Å². The second-order valence-corrected chi connectivity index (χ2v) is 8.96. The number of nitrogens with zero attached hydrogens (tertiary/aromatic N) is 1. The fourth-order valence-corrected chi connectivity index (χ4v) is 6.30. The Morgan fingerprint density at radius 1 is 1.12 bits per heavy atom. The molecule has 1 unspecified atom stereocenters. The molecular formula is C13H25NS2. The van der Waals surface area contributed by atoms with E-state index in [1.54, 1.807) is 0 Å². The molecule has 0 radical (unpaired) electrons. The van der Waals surface area contributed by atoms with E-state index < -0.39 is 0 Å². The first-order chi connectivity index (χ1) is 7.54. The average molecular weight is 259 g/mol. The minimum absolute atomic E-state index is 0.539. The molecule has 2 saturated heterocycles. The minimum Gasteiger partial charge on any atom is -0.295 e. The van der Waals surface area contributed by atoms with Gasteiger partial charge in [-0.25, -0.2) is 0 Å². The molecule has 0 saturated carbocycles. The standard InChI is InChI=1S/C13H25NS2/c1-10(2)12-8-13(9-14(12)11(3)4)15-6-5-7-16-13/h10-12H,5-9H2,1-4H3. The third kappa shape index (κ3) is 2.56. The Labute approximate surface area is 109 Å². The van der Waals surface area contributed by atoms with Crippen molar-refractivity contribution in [3.8, 4) is 0 Å². The second-order valence-electron chi connectivity index (χ2n) is 5.74. The fraction of sp³-hybridized carbons (Fsp3) is 1.00. The van der Waals surface area contributed by atoms with Gasteiger partial charge in [-0.3, -0.25) is 4.90 Å². The lowest BCUT2D eigenvalue weighted by molar-refractivity contribution is 0.165. The Morgan fingerprint density at radius 2 is 1.75 bits per heavy atom. The van der Waals surface area contributed by atoms with Gasteiger partial charge < -0.3 is 0 Å². The van der Waals surface area contributed by atoms with Crippen LogP contribution in [0.5, 0.6) is 0 Å². The average Bonchev–Trinajstić information content (AvgIpc) is 2.59. The zero-order chi connectivity index (χ0) is 11.8. The molecule has 2 aliphatic heterocycles. The van der Waals surface area contributed by atoms with Crippen molar-refractivity contribution in [3.63, 3.8) is 0 Å². The molecule has 2 rings (SSSR count). The first-order valence-corrected chi connectivity index (χ1v) is 8.55. The van der Waals surface area contributed by atoms with Gasteiger partial charge >= 0.3 is 0 Å². The van der Waals surface area contributed by atoms with Gasteiger partial charge in [-0.15, -0.1) is 23.5 Å². The highest BCUT2D eigenvalue weighted by Crippen LogP contribution is 2.51. The van der Waals surface area contributed by atoms with E-state index in [1.165, 1.54) is 30.9 Å². The van der Waals surface area contributed by atoms with E-state index in [0.29, 0.717) is 10.1 Å². The quantitative estimate of drug-likeness (QED) is 0.744. The lowest BCUT2D eigenvalue weighted by atomic mass is 10.0. The van der Waals surface area contributed by atoms with Gasteiger partial charge in [0.1, 0.15) is 0 Å². The lowest BCUT2D eigenvalue weighted by Crippen LogP contribution is -2.39. The molecule has 1 nitrogen and oxygen atoms in total. The Balaban J connectivity index is 2.10. The predicted octanol–water partition coefficient (Wildman–Crippen LogP) is 3.69. The van der Waals surface area contributed by atoms with Crippen molar-refractivity contribution in [1.82, 2.24) is 4.90 Å². The Morgan fingerprint density at radius 3 is 2.19 bits per heavy atom. The minimum atomic E-state index is 0.539. The molecule has 1 atom stereocenters. The van der Waals surface area contributed by atoms with Crippen LogP contribution in [0.1, 0.15) is 40.5 Å². The molecule has 3 heteroatoms. The van der Waals surface area contributed by atoms with E-state index in [9.17, 15) is 0 Å². The summed E-state index contributed by atoms with van der Waals surface area (Å²) in [6, 6.07) is 1.51. The van der Waals surface area contributed by atoms with Crippen molar-refractivity contribution >= 4 is 23.5 Å². The maximum Gasteiger partial charge on any atom is 0.0752 e. The lowest BCUT2D eigenvalue weighted by Gasteiger charge is -2.33. The summed E-state index contributed by atoms with van der Waals surface area (Å²) in [5.74, 6) is 3.55. The number of hydrogen-bond acceptors (Lipinski definition) is 3. The summed E-state index contributed by atoms with van der Waals surface area (Å²) in [4.78, 5) is 2.75. The van der Waals surface area contributed by atoms with Crippen LogP contribution in [-0.4, -0.2) is 39.1 Å². The largest absolute Gasteiger partial charge is 0.295 e. The van der Waals surface area contributed by atoms with Crippen LogP contribution in [-0.2, 0) is 0 Å². The summed E-state index contributed by atoms with van der Waals surface area (Å²) < 4.78 is 0.539. The smallest absolute Gasteiger partial charge is 0.0752 e. The number of thioether (sulfide) groups is 2. The number of likely N-dealkylation sites (tertiary alicyclic amines) is 1. The SMILES string of the molecule is CC(C)C1CC2(CN1C(C)C)SCCCS2. The van der Waals surface area contributed by atoms with Gasteiger partial charge in [0.05, 0.1) is 4.08 Å². The van der Waals surface area contributed by atoms with Crippen molar-refractivity contribution in [3.05, 3.63) is 0 Å². The molecule has 0 amide bonds. The summed E-state index contributed by atoms with van der Waals surface area (Å²) >= 11 is 4.47. The molecule has 2 heterocycles. The van der Waals surface area contributed by atoms with Crippen LogP contribution in [0.3, 0.4) is 0 Å². The van der Waals surface area contributed by atoms with E-state index >= 15 is 0 Å². The molecule has 0 aromatic carbocycles. The zero-order valence-corrected chi connectivity index (χ0v) is 12.7. The molecule has 2 fully saturated rings. The van der Waals surface area contributed by atoms with E-state index in [-0.39, 0.29) is 0 Å². The highest BCUT2D eigenvalue weighted by Gasteiger charge is 2.47. The molecule has 0 aliphatic carbocycles. The maximum atomic E-state index is 2.75. The van der Waals surface area contributed by atoms with E-state index in [1.807, 2.05) is 0 Å². The zero-order valence-electron chi connectivity index (χ0n) is 11.0. The van der Waals surface area contributed by atoms with Gasteiger partial charge in [0.2, 0.25) is 0 Å². The van der Waals surface area contributed by atoms with Crippen LogP contribution in [0.25, 0.3) is 0 Å². The van der Waals surface area contributed by atoms with E-state index in [2.05, 4.69) is 56.1 Å². The summed E-state index contributed by atoms with van der Waals surface area (Å²) in [6.45, 7) is 10.8. The summed E-state index contributed by atoms with van der Waals surface area (Å²) in [7, 11) is 0. The van der Waals surface area contributed by atoms with Crippen LogP contribution in [0.2, 0.25) is 0 Å². The van der Waals surface area contributed by atoms with Crippen LogP contribution in [0, 0.1) is 5.92 Å². The van der Waals surface area contributed by atoms with Crippen molar-refractivity contribution in [2.75, 3.05) is 18.1 Å². The highest BCUT2D eigenvalue weighted by atomic mass is 32.2.